The van der Waals surface area contributed by atoms with E-state index >= 15 is 0 Å². The molecule has 1 saturated heterocycles. The lowest BCUT2D eigenvalue weighted by Crippen LogP contribution is -2.67. The van der Waals surface area contributed by atoms with E-state index in [1.165, 1.54) is 18.0 Å². The summed E-state index contributed by atoms with van der Waals surface area (Å²) in [6.07, 6.45) is 1.51. The quantitative estimate of drug-likeness (QED) is 0.459. The molecule has 4 rings (SSSR count). The minimum absolute atomic E-state index is 0.349. The molecule has 3 aromatic rings. The van der Waals surface area contributed by atoms with Gasteiger partial charge >= 0.3 is 0 Å². The third kappa shape index (κ3) is 3.79. The van der Waals surface area contributed by atoms with Crippen LogP contribution in [-0.2, 0) is 15.0 Å². The van der Waals surface area contributed by atoms with Crippen molar-refractivity contribution in [2.24, 2.45) is 0 Å². The van der Waals surface area contributed by atoms with Gasteiger partial charge in [0.2, 0.25) is 0 Å². The van der Waals surface area contributed by atoms with Gasteiger partial charge in [-0.1, -0.05) is 28.4 Å². The van der Waals surface area contributed by atoms with Crippen molar-refractivity contribution in [1.82, 2.24) is 25.0 Å². The Labute approximate surface area is 199 Å². The Kier molecular flexibility index (Phi) is 6.73. The fourth-order valence-corrected chi connectivity index (χ4v) is 4.83. The lowest BCUT2D eigenvalue weighted by atomic mass is 9.76. The molecule has 0 unspecified atom stereocenters. The predicted molar refractivity (Wildman–Crippen MR) is 121 cm³/mol. The first-order valence-electron chi connectivity index (χ1n) is 9.65. The van der Waals surface area contributed by atoms with E-state index in [0.29, 0.717) is 32.7 Å². The van der Waals surface area contributed by atoms with Gasteiger partial charge in [-0.25, -0.2) is 9.67 Å². The molecule has 1 aliphatic rings. The van der Waals surface area contributed by atoms with Gasteiger partial charge in [-0.05, 0) is 25.1 Å². The number of pyridine rings is 2. The summed E-state index contributed by atoms with van der Waals surface area (Å²) in [5.74, 6) is 0. The Morgan fingerprint density at radius 1 is 1.28 bits per heavy atom. The highest BCUT2D eigenvalue weighted by Gasteiger charge is 2.59. The molecule has 5 atom stereocenters. The number of nitrogens with zero attached hydrogens (tertiary/aromatic N) is 5. The third-order valence-electron chi connectivity index (χ3n) is 5.57. The van der Waals surface area contributed by atoms with E-state index in [-0.39, 0.29) is 0 Å². The molecule has 1 fully saturated rings. The van der Waals surface area contributed by atoms with Crippen LogP contribution in [-0.4, -0.2) is 72.6 Å². The maximum absolute atomic E-state index is 11.5. The lowest BCUT2D eigenvalue weighted by molar-refractivity contribution is -0.213. The van der Waals surface area contributed by atoms with Crippen LogP contribution in [0, 0.1) is 6.92 Å². The predicted octanol–water partition coefficient (Wildman–Crippen LogP) is 2.12. The van der Waals surface area contributed by atoms with Gasteiger partial charge in [-0.2, -0.15) is 0 Å². The van der Waals surface area contributed by atoms with E-state index in [2.05, 4.69) is 32.9 Å². The molecule has 9 nitrogen and oxygen atoms in total. The summed E-state index contributed by atoms with van der Waals surface area (Å²) in [5.41, 5.74) is -0.107. The number of aromatic nitrogens is 5. The van der Waals surface area contributed by atoms with Crippen molar-refractivity contribution in [2.45, 2.75) is 36.2 Å². The summed E-state index contributed by atoms with van der Waals surface area (Å²) in [6, 6.07) is 5.10. The molecule has 0 aromatic carbocycles. The average Bonchev–Trinajstić information content (AvgIpc) is 3.27. The first kappa shape index (κ1) is 23.4. The molecule has 12 heteroatoms. The summed E-state index contributed by atoms with van der Waals surface area (Å²) in [7, 11) is 1.47. The molecular formula is C20H21Cl2N5O4S. The van der Waals surface area contributed by atoms with Crippen LogP contribution in [0.5, 0.6) is 0 Å². The van der Waals surface area contributed by atoms with E-state index in [0.717, 1.165) is 0 Å². The zero-order valence-corrected chi connectivity index (χ0v) is 19.5. The minimum atomic E-state index is -1.42. The molecule has 0 radical (unpaired) electrons. The Morgan fingerprint density at radius 3 is 2.72 bits per heavy atom. The van der Waals surface area contributed by atoms with Crippen molar-refractivity contribution >= 4 is 35.8 Å². The highest BCUT2D eigenvalue weighted by molar-refractivity contribution is 7.80. The second-order valence-corrected chi connectivity index (χ2v) is 8.73. The van der Waals surface area contributed by atoms with E-state index in [4.69, 9.17) is 32.7 Å². The van der Waals surface area contributed by atoms with E-state index in [9.17, 15) is 10.2 Å². The molecule has 0 amide bonds. The average molecular weight is 498 g/mol. The van der Waals surface area contributed by atoms with Crippen LogP contribution in [0.4, 0.5) is 0 Å². The SMILES string of the molecule is CO[C@@H]1[C@H](S)O[C@@H](CO)[C@@H](O)[C@@]1(c1cncc(Cl)c1)n1cc(-c2ccc(Cl)c(C)n2)nn1. The second-order valence-electron chi connectivity index (χ2n) is 7.38. The molecule has 0 saturated carbocycles. The fourth-order valence-electron chi connectivity index (χ4n) is 4.05. The normalized spacial score (nSPS) is 28.1. The van der Waals surface area contributed by atoms with Crippen molar-refractivity contribution in [3.8, 4) is 11.4 Å². The maximum atomic E-state index is 11.5. The van der Waals surface area contributed by atoms with E-state index in [1.54, 1.807) is 37.5 Å². The lowest BCUT2D eigenvalue weighted by Gasteiger charge is -2.51. The molecule has 170 valence electrons. The molecule has 3 aromatic heterocycles. The van der Waals surface area contributed by atoms with Crippen LogP contribution >= 0.6 is 35.8 Å². The van der Waals surface area contributed by atoms with Gasteiger partial charge in [-0.15, -0.1) is 17.7 Å². The number of rotatable bonds is 5. The molecule has 0 spiro atoms. The highest BCUT2D eigenvalue weighted by Crippen LogP contribution is 2.44. The minimum Gasteiger partial charge on any atom is -0.394 e. The van der Waals surface area contributed by atoms with Crippen LogP contribution in [0.3, 0.4) is 0 Å². The highest BCUT2D eigenvalue weighted by atomic mass is 35.5. The number of methoxy groups -OCH3 is 1. The summed E-state index contributed by atoms with van der Waals surface area (Å²) in [6.45, 7) is 1.33. The zero-order chi connectivity index (χ0) is 23.0. The van der Waals surface area contributed by atoms with Crippen LogP contribution in [0.2, 0.25) is 10.0 Å². The number of ether oxygens (including phenoxy) is 2. The molecule has 0 aliphatic carbocycles. The third-order valence-corrected chi connectivity index (χ3v) is 6.57. The van der Waals surface area contributed by atoms with Crippen LogP contribution < -0.4 is 0 Å². The van der Waals surface area contributed by atoms with Gasteiger partial charge in [0.1, 0.15) is 35.0 Å². The summed E-state index contributed by atoms with van der Waals surface area (Å²) in [5, 5.41) is 30.8. The smallest absolute Gasteiger partial charge is 0.149 e. The molecular weight excluding hydrogens is 477 g/mol. The Morgan fingerprint density at radius 2 is 2.06 bits per heavy atom. The first-order chi connectivity index (χ1) is 15.3. The van der Waals surface area contributed by atoms with E-state index in [1.807, 2.05) is 0 Å². The second kappa shape index (κ2) is 9.22. The summed E-state index contributed by atoms with van der Waals surface area (Å²) >= 11 is 16.9. The first-order valence-corrected chi connectivity index (χ1v) is 10.9. The number of halogens is 2. The fraction of sp³-hybridized carbons (Fsp3) is 0.400. The van der Waals surface area contributed by atoms with Gasteiger partial charge in [0.15, 0.2) is 0 Å². The number of aliphatic hydroxyl groups excluding tert-OH is 2. The van der Waals surface area contributed by atoms with Gasteiger partial charge in [0.05, 0.1) is 34.2 Å². The van der Waals surface area contributed by atoms with Gasteiger partial charge in [-0.3, -0.25) is 4.98 Å². The number of aryl methyl sites for hydroxylation is 1. The monoisotopic (exact) mass is 497 g/mol. The van der Waals surface area contributed by atoms with Crippen molar-refractivity contribution < 1.29 is 19.7 Å². The zero-order valence-electron chi connectivity index (χ0n) is 17.1. The Balaban J connectivity index is 1.94. The Bertz CT molecular complexity index is 1120. The number of thiol groups is 1. The molecule has 4 heterocycles. The largest absolute Gasteiger partial charge is 0.394 e. The maximum Gasteiger partial charge on any atom is 0.149 e. The van der Waals surface area contributed by atoms with Gasteiger partial charge in [0.25, 0.3) is 0 Å². The van der Waals surface area contributed by atoms with Crippen molar-refractivity contribution in [3.05, 3.63) is 58.1 Å². The molecule has 1 aliphatic heterocycles. The molecule has 0 bridgehead atoms. The van der Waals surface area contributed by atoms with Crippen LogP contribution in [0.1, 0.15) is 11.3 Å². The van der Waals surface area contributed by atoms with Crippen molar-refractivity contribution in [1.29, 1.82) is 0 Å². The van der Waals surface area contributed by atoms with E-state index < -0.39 is 35.9 Å². The topological polar surface area (TPSA) is 115 Å². The number of hydrogen-bond donors (Lipinski definition) is 3. The van der Waals surface area contributed by atoms with Crippen LogP contribution in [0.25, 0.3) is 11.4 Å². The number of aliphatic hydroxyl groups is 2. The summed E-state index contributed by atoms with van der Waals surface area (Å²) < 4.78 is 12.9. The standard InChI is InChI=1S/C20H21Cl2N5O4S/c1-10-13(22)3-4-14(24-10)15-8-27(26-25-15)20(11-5-12(21)7-23-6-11)17(29)16(9-28)31-19(32)18(20)30-2/h3-8,16-19,28-29,32H,9H2,1-2H3/t16-,17+,18+,19-,20+/m0/s1. The van der Waals surface area contributed by atoms with Crippen molar-refractivity contribution in [2.75, 3.05) is 13.7 Å². The van der Waals surface area contributed by atoms with Gasteiger partial charge < -0.3 is 19.7 Å². The number of hydrogen-bond acceptors (Lipinski definition) is 9. The van der Waals surface area contributed by atoms with Gasteiger partial charge in [0, 0.05) is 25.1 Å². The molecule has 2 N–H and O–H groups in total. The molecule has 32 heavy (non-hydrogen) atoms. The summed E-state index contributed by atoms with van der Waals surface area (Å²) in [4.78, 5) is 8.64. The Hall–Kier alpha value is -1.79. The van der Waals surface area contributed by atoms with Crippen molar-refractivity contribution in [3.63, 3.8) is 0 Å². The van der Waals surface area contributed by atoms with Crippen LogP contribution in [0.15, 0.2) is 36.8 Å².